The Hall–Kier alpha value is 1.89. The van der Waals surface area contributed by atoms with E-state index < -0.39 is 0 Å². The van der Waals surface area contributed by atoms with Crippen LogP contribution in [0.4, 0.5) is 0 Å². The molecule has 0 amide bonds. The Morgan fingerprint density at radius 3 is 1.60 bits per heavy atom. The van der Waals surface area contributed by atoms with Crippen molar-refractivity contribution < 1.29 is 0 Å². The second-order valence-corrected chi connectivity index (χ2v) is 28.3. The molecule has 5 unspecified atom stereocenters. The Balaban J connectivity index is 2.09. The molecule has 5 aliphatic heterocycles. The van der Waals surface area contributed by atoms with Gasteiger partial charge in [-0.25, -0.2) is 0 Å². The molecule has 0 saturated carbocycles. The van der Waals surface area contributed by atoms with Crippen molar-refractivity contribution in [2.24, 2.45) is 21.7 Å². The SMILES string of the molecule is CC(C)(C)C1=PC2(C(C)(C)C)P3P4P[C@@]2(C(C)(C)C)P1[C@]43C(C)(C)C. The highest BCUT2D eigenvalue weighted by Gasteiger charge is 3.00. The first-order valence-electron chi connectivity index (χ1n) is 9.71. The summed E-state index contributed by atoms with van der Waals surface area (Å²) >= 11 is 0. The summed E-state index contributed by atoms with van der Waals surface area (Å²) in [5.74, 6) is 0. The summed E-state index contributed by atoms with van der Waals surface area (Å²) in [6, 6.07) is 0. The maximum absolute atomic E-state index is 2.62. The van der Waals surface area contributed by atoms with Gasteiger partial charge in [-0.15, -0.1) is 0 Å². The molecule has 0 N–H and O–H groups in total. The number of hydrogen-bond donors (Lipinski definition) is 0. The van der Waals surface area contributed by atoms with Crippen molar-refractivity contribution in [3.8, 4) is 0 Å². The lowest BCUT2D eigenvalue weighted by atomic mass is 9.78. The zero-order chi connectivity index (χ0) is 19.2. The molecular formula is C20H37P5. The summed E-state index contributed by atoms with van der Waals surface area (Å²) in [4.78, 5) is 1.25. The molecule has 0 aromatic carbocycles. The van der Waals surface area contributed by atoms with E-state index in [1.54, 1.807) is 0 Å². The van der Waals surface area contributed by atoms with Crippen molar-refractivity contribution in [1.82, 2.24) is 0 Å². The quantitative estimate of drug-likeness (QED) is 0.335. The van der Waals surface area contributed by atoms with Gasteiger partial charge in [0, 0.05) is 4.90 Å². The minimum atomic E-state index is 0.0222. The zero-order valence-electron chi connectivity index (χ0n) is 18.3. The van der Waals surface area contributed by atoms with Crippen molar-refractivity contribution in [3.05, 3.63) is 0 Å². The van der Waals surface area contributed by atoms with E-state index in [1.807, 2.05) is 13.2 Å². The molecule has 6 bridgehead atoms. The predicted molar refractivity (Wildman–Crippen MR) is 127 cm³/mol. The largest absolute Gasteiger partial charge is 0.0859 e. The van der Waals surface area contributed by atoms with Crippen LogP contribution in [0.1, 0.15) is 83.1 Å². The van der Waals surface area contributed by atoms with Crippen LogP contribution in [-0.4, -0.2) is 19.5 Å². The standard InChI is InChI=1S/C20H37P5/c1-14(2,3)13-21-18(15(4,5)6)19(16(7,8)9)22-25-20(23(13)19,24(18)25)17(10,11)12/h22H,1-12H3/t18?,19-,20-,23?,24?,25?/m0/s1. The van der Waals surface area contributed by atoms with E-state index in [2.05, 4.69) is 83.1 Å². The molecular weight excluding hydrogens is 395 g/mol. The van der Waals surface area contributed by atoms with Crippen LogP contribution in [0.2, 0.25) is 0 Å². The molecule has 5 rings (SSSR count). The summed E-state index contributed by atoms with van der Waals surface area (Å²) in [7, 11) is 3.69. The molecule has 0 aromatic heterocycles. The van der Waals surface area contributed by atoms with E-state index in [-0.39, 0.29) is 15.5 Å². The van der Waals surface area contributed by atoms with Crippen molar-refractivity contribution >= 4 is 44.3 Å². The lowest BCUT2D eigenvalue weighted by Crippen LogP contribution is -2.52. The maximum atomic E-state index is 2.62. The highest BCUT2D eigenvalue weighted by atomic mass is 32.5. The van der Waals surface area contributed by atoms with E-state index in [9.17, 15) is 0 Å². The van der Waals surface area contributed by atoms with Crippen LogP contribution >= 0.6 is 39.3 Å². The summed E-state index contributed by atoms with van der Waals surface area (Å²) in [6.07, 6.45) is 0. The third kappa shape index (κ3) is 1.83. The molecule has 0 spiro atoms. The minimum absolute atomic E-state index is 0.0222. The van der Waals surface area contributed by atoms with Crippen molar-refractivity contribution in [2.45, 2.75) is 97.5 Å². The molecule has 4 fully saturated rings. The van der Waals surface area contributed by atoms with Crippen LogP contribution in [0.25, 0.3) is 0 Å². The average molecular weight is 432 g/mol. The van der Waals surface area contributed by atoms with E-state index >= 15 is 0 Å². The number of hydrogen-bond acceptors (Lipinski definition) is 0. The van der Waals surface area contributed by atoms with Crippen molar-refractivity contribution in [1.29, 1.82) is 0 Å². The van der Waals surface area contributed by atoms with Crippen LogP contribution in [-0.2, 0) is 0 Å². The molecule has 5 aliphatic rings. The zero-order valence-corrected chi connectivity index (χ0v) is 22.9. The molecule has 0 aromatic rings. The molecule has 0 nitrogen and oxygen atoms in total. The Morgan fingerprint density at radius 2 is 1.28 bits per heavy atom. The normalized spacial score (nSPS) is 49.8. The summed E-state index contributed by atoms with van der Waals surface area (Å²) in [5, 5.41) is 2.01. The topological polar surface area (TPSA) is 0 Å². The van der Waals surface area contributed by atoms with Gasteiger partial charge in [0.25, 0.3) is 0 Å². The lowest BCUT2D eigenvalue weighted by molar-refractivity contribution is 0.253. The molecule has 5 heterocycles. The molecule has 142 valence electrons. The van der Waals surface area contributed by atoms with Gasteiger partial charge >= 0.3 is 0 Å². The van der Waals surface area contributed by atoms with E-state index in [4.69, 9.17) is 0 Å². The fourth-order valence-electron chi connectivity index (χ4n) is 5.89. The minimum Gasteiger partial charge on any atom is -0.0859 e. The lowest BCUT2D eigenvalue weighted by Gasteiger charge is -2.53. The highest BCUT2D eigenvalue weighted by molar-refractivity contribution is 8.80. The first kappa shape index (κ1) is 20.2. The molecule has 25 heavy (non-hydrogen) atoms. The second-order valence-electron chi connectivity index (χ2n) is 12.5. The van der Waals surface area contributed by atoms with Gasteiger partial charge in [-0.2, -0.15) is 0 Å². The average Bonchev–Trinajstić information content (AvgIpc) is 2.68. The van der Waals surface area contributed by atoms with Crippen LogP contribution in [0.3, 0.4) is 0 Å². The molecule has 0 aliphatic carbocycles. The van der Waals surface area contributed by atoms with Gasteiger partial charge in [-0.1, -0.05) is 99.6 Å². The third-order valence-electron chi connectivity index (χ3n) is 6.76. The molecule has 5 heteroatoms. The van der Waals surface area contributed by atoms with E-state index in [1.165, 1.54) is 8.27 Å². The Morgan fingerprint density at radius 1 is 0.760 bits per heavy atom. The Bertz CT molecular complexity index is 683. The van der Waals surface area contributed by atoms with Gasteiger partial charge in [0.15, 0.2) is 0 Å². The smallest absolute Gasteiger partial charge is 0.0570 e. The molecule has 0 radical (unpaired) electrons. The first-order valence-corrected chi connectivity index (χ1v) is 17.2. The second kappa shape index (κ2) is 4.79. The summed E-state index contributed by atoms with van der Waals surface area (Å²) in [5.41, 5.74) is 1.78. The van der Waals surface area contributed by atoms with Crippen LogP contribution in [0.5, 0.6) is 0 Å². The van der Waals surface area contributed by atoms with Crippen molar-refractivity contribution in [3.63, 3.8) is 0 Å². The fraction of sp³-hybridized carbons (Fsp3) is 0.950. The van der Waals surface area contributed by atoms with Gasteiger partial charge < -0.3 is 0 Å². The Labute approximate surface area is 163 Å². The van der Waals surface area contributed by atoms with Crippen LogP contribution in [0, 0.1) is 21.7 Å². The Kier molecular flexibility index (Phi) is 3.86. The van der Waals surface area contributed by atoms with Crippen LogP contribution in [0.15, 0.2) is 0 Å². The van der Waals surface area contributed by atoms with Gasteiger partial charge in [0.05, 0.1) is 9.54 Å². The predicted octanol–water partition coefficient (Wildman–Crippen LogP) is 9.30. The summed E-state index contributed by atoms with van der Waals surface area (Å²) in [6.45, 7) is 31.1. The van der Waals surface area contributed by atoms with Crippen molar-refractivity contribution in [2.75, 3.05) is 0 Å². The van der Waals surface area contributed by atoms with Gasteiger partial charge in [-0.3, -0.25) is 0 Å². The van der Waals surface area contributed by atoms with E-state index in [0.717, 1.165) is 4.64 Å². The fourth-order valence-corrected chi connectivity index (χ4v) is 55.6. The van der Waals surface area contributed by atoms with Crippen LogP contribution < -0.4 is 0 Å². The van der Waals surface area contributed by atoms with Gasteiger partial charge in [0.2, 0.25) is 0 Å². The third-order valence-corrected chi connectivity index (χ3v) is 37.8. The first-order chi connectivity index (χ1) is 10.9. The molecule has 4 saturated heterocycles. The number of rotatable bonds is 0. The summed E-state index contributed by atoms with van der Waals surface area (Å²) < 4.78 is 0.778. The van der Waals surface area contributed by atoms with Gasteiger partial charge in [-0.05, 0) is 49.5 Å². The maximum Gasteiger partial charge on any atom is 0.0570 e. The molecule has 7 atom stereocenters. The monoisotopic (exact) mass is 432 g/mol. The van der Waals surface area contributed by atoms with Gasteiger partial charge in [0.1, 0.15) is 0 Å². The van der Waals surface area contributed by atoms with E-state index in [0.29, 0.717) is 38.8 Å². The highest BCUT2D eigenvalue weighted by Crippen LogP contribution is 3.37.